The molecular weight excluding hydrogens is 148 g/mol. The average Bonchev–Trinajstić information content (AvgIpc) is 2.55. The van der Waals surface area contributed by atoms with Crippen LogP contribution in [0.1, 0.15) is 18.4 Å². The van der Waals surface area contributed by atoms with Gasteiger partial charge in [-0.15, -0.1) is 0 Å². The van der Waals surface area contributed by atoms with E-state index in [-0.39, 0.29) is 5.54 Å². The first-order valence-electron chi connectivity index (χ1n) is 4.16. The Kier molecular flexibility index (Phi) is 1.70. The summed E-state index contributed by atoms with van der Waals surface area (Å²) in [5.74, 6) is 0. The number of aromatic nitrogens is 1. The number of rotatable bonds is 1. The average molecular weight is 160 g/mol. The molecule has 0 saturated heterocycles. The van der Waals surface area contributed by atoms with Gasteiger partial charge in [0, 0.05) is 17.9 Å². The van der Waals surface area contributed by atoms with Crippen molar-refractivity contribution < 1.29 is 0 Å². The Labute approximate surface area is 72.1 Å². The molecule has 62 valence electrons. The standard InChI is InChI=1S/C10H12N2/c11-10(5-1-2-6-10)9-4-3-7-12-8-9/h1-4,7-8H,5-6,11H2. The minimum absolute atomic E-state index is 0.186. The molecule has 2 heteroatoms. The van der Waals surface area contributed by atoms with Crippen LogP contribution in [0.25, 0.3) is 0 Å². The summed E-state index contributed by atoms with van der Waals surface area (Å²) in [5.41, 5.74) is 7.13. The maximum Gasteiger partial charge on any atom is 0.0494 e. The van der Waals surface area contributed by atoms with E-state index in [4.69, 9.17) is 5.73 Å². The van der Waals surface area contributed by atoms with E-state index < -0.39 is 0 Å². The van der Waals surface area contributed by atoms with Crippen molar-refractivity contribution in [3.63, 3.8) is 0 Å². The zero-order valence-corrected chi connectivity index (χ0v) is 6.90. The molecule has 1 aromatic rings. The van der Waals surface area contributed by atoms with Gasteiger partial charge in [-0.3, -0.25) is 4.98 Å². The van der Waals surface area contributed by atoms with Crippen molar-refractivity contribution in [2.45, 2.75) is 18.4 Å². The van der Waals surface area contributed by atoms with Crippen molar-refractivity contribution in [2.75, 3.05) is 0 Å². The Morgan fingerprint density at radius 1 is 1.33 bits per heavy atom. The van der Waals surface area contributed by atoms with Gasteiger partial charge in [0.25, 0.3) is 0 Å². The third kappa shape index (κ3) is 1.14. The van der Waals surface area contributed by atoms with Crippen molar-refractivity contribution in [1.82, 2.24) is 4.98 Å². The molecule has 0 bridgehead atoms. The van der Waals surface area contributed by atoms with Crippen LogP contribution in [0.2, 0.25) is 0 Å². The molecule has 0 saturated carbocycles. The molecule has 0 unspecified atom stereocenters. The van der Waals surface area contributed by atoms with E-state index >= 15 is 0 Å². The zero-order valence-electron chi connectivity index (χ0n) is 6.90. The third-order valence-corrected chi connectivity index (χ3v) is 2.37. The molecule has 0 amide bonds. The zero-order chi connectivity index (χ0) is 8.44. The molecule has 0 aromatic carbocycles. The van der Waals surface area contributed by atoms with Crippen LogP contribution in [0.3, 0.4) is 0 Å². The summed E-state index contributed by atoms with van der Waals surface area (Å²) >= 11 is 0. The summed E-state index contributed by atoms with van der Waals surface area (Å²) in [6.45, 7) is 0. The number of nitrogens with two attached hydrogens (primary N) is 1. The Morgan fingerprint density at radius 2 is 2.08 bits per heavy atom. The minimum Gasteiger partial charge on any atom is -0.321 e. The van der Waals surface area contributed by atoms with Crippen LogP contribution < -0.4 is 5.73 Å². The predicted molar refractivity (Wildman–Crippen MR) is 48.5 cm³/mol. The number of hydrogen-bond donors (Lipinski definition) is 1. The maximum absolute atomic E-state index is 6.18. The van der Waals surface area contributed by atoms with Crippen LogP contribution in [0.15, 0.2) is 36.7 Å². The van der Waals surface area contributed by atoms with Gasteiger partial charge in [0.05, 0.1) is 0 Å². The van der Waals surface area contributed by atoms with Gasteiger partial charge in [0.15, 0.2) is 0 Å². The van der Waals surface area contributed by atoms with Crippen molar-refractivity contribution in [3.05, 3.63) is 42.2 Å². The molecule has 2 rings (SSSR count). The lowest BCUT2D eigenvalue weighted by molar-refractivity contribution is 0.479. The first kappa shape index (κ1) is 7.50. The van der Waals surface area contributed by atoms with Crippen LogP contribution in [-0.4, -0.2) is 4.98 Å². The Morgan fingerprint density at radius 3 is 2.67 bits per heavy atom. The second kappa shape index (κ2) is 2.72. The number of nitrogens with zero attached hydrogens (tertiary/aromatic N) is 1. The first-order chi connectivity index (χ1) is 5.81. The van der Waals surface area contributed by atoms with Crippen molar-refractivity contribution in [2.24, 2.45) is 5.73 Å². The van der Waals surface area contributed by atoms with Crippen LogP contribution in [-0.2, 0) is 5.54 Å². The molecule has 0 spiro atoms. The van der Waals surface area contributed by atoms with Crippen molar-refractivity contribution in [1.29, 1.82) is 0 Å². The largest absolute Gasteiger partial charge is 0.321 e. The fourth-order valence-corrected chi connectivity index (χ4v) is 1.56. The molecule has 0 fully saturated rings. The quantitative estimate of drug-likeness (QED) is 0.633. The highest BCUT2D eigenvalue weighted by Gasteiger charge is 2.27. The van der Waals surface area contributed by atoms with Crippen LogP contribution >= 0.6 is 0 Å². The highest BCUT2D eigenvalue weighted by Crippen LogP contribution is 2.30. The summed E-state index contributed by atoms with van der Waals surface area (Å²) in [7, 11) is 0. The minimum atomic E-state index is -0.186. The molecule has 1 aliphatic carbocycles. The van der Waals surface area contributed by atoms with Gasteiger partial charge < -0.3 is 5.73 Å². The normalized spacial score (nSPS) is 19.8. The van der Waals surface area contributed by atoms with E-state index in [1.54, 1.807) is 6.20 Å². The second-order valence-electron chi connectivity index (χ2n) is 3.28. The van der Waals surface area contributed by atoms with Crippen molar-refractivity contribution >= 4 is 0 Å². The van der Waals surface area contributed by atoms with Gasteiger partial charge in [-0.05, 0) is 24.5 Å². The monoisotopic (exact) mass is 160 g/mol. The Balaban J connectivity index is 2.31. The van der Waals surface area contributed by atoms with Gasteiger partial charge in [-0.1, -0.05) is 18.2 Å². The molecule has 0 atom stereocenters. The lowest BCUT2D eigenvalue weighted by atomic mass is 9.90. The van der Waals surface area contributed by atoms with E-state index in [2.05, 4.69) is 17.1 Å². The fraction of sp³-hybridized carbons (Fsp3) is 0.300. The maximum atomic E-state index is 6.18. The summed E-state index contributed by atoms with van der Waals surface area (Å²) in [5, 5.41) is 0. The molecule has 2 nitrogen and oxygen atoms in total. The van der Waals surface area contributed by atoms with E-state index in [1.807, 2.05) is 18.3 Å². The number of pyridine rings is 1. The lowest BCUT2D eigenvalue weighted by Gasteiger charge is -2.23. The van der Waals surface area contributed by atoms with Crippen LogP contribution in [0, 0.1) is 0 Å². The molecule has 1 aliphatic rings. The topological polar surface area (TPSA) is 38.9 Å². The van der Waals surface area contributed by atoms with Crippen molar-refractivity contribution in [3.8, 4) is 0 Å². The van der Waals surface area contributed by atoms with Gasteiger partial charge in [0.1, 0.15) is 0 Å². The van der Waals surface area contributed by atoms with Gasteiger partial charge in [-0.2, -0.15) is 0 Å². The lowest BCUT2D eigenvalue weighted by Crippen LogP contribution is -2.33. The van der Waals surface area contributed by atoms with E-state index in [0.29, 0.717) is 0 Å². The summed E-state index contributed by atoms with van der Waals surface area (Å²) in [6.07, 6.45) is 9.75. The van der Waals surface area contributed by atoms with E-state index in [0.717, 1.165) is 18.4 Å². The highest BCUT2D eigenvalue weighted by molar-refractivity contribution is 5.25. The fourth-order valence-electron chi connectivity index (χ4n) is 1.56. The molecule has 0 radical (unpaired) electrons. The SMILES string of the molecule is NC1(c2cccnc2)CC=CC1. The Bertz CT molecular complexity index is 282. The van der Waals surface area contributed by atoms with Gasteiger partial charge in [-0.25, -0.2) is 0 Å². The van der Waals surface area contributed by atoms with Gasteiger partial charge >= 0.3 is 0 Å². The molecule has 12 heavy (non-hydrogen) atoms. The Hall–Kier alpha value is -1.15. The highest BCUT2D eigenvalue weighted by atomic mass is 14.8. The summed E-state index contributed by atoms with van der Waals surface area (Å²) in [4.78, 5) is 4.07. The van der Waals surface area contributed by atoms with E-state index in [1.165, 1.54) is 0 Å². The predicted octanol–water partition coefficient (Wildman–Crippen LogP) is 1.59. The van der Waals surface area contributed by atoms with Gasteiger partial charge in [0.2, 0.25) is 0 Å². The first-order valence-corrected chi connectivity index (χ1v) is 4.16. The molecule has 1 heterocycles. The smallest absolute Gasteiger partial charge is 0.0494 e. The third-order valence-electron chi connectivity index (χ3n) is 2.37. The second-order valence-corrected chi connectivity index (χ2v) is 3.28. The van der Waals surface area contributed by atoms with Crippen LogP contribution in [0.4, 0.5) is 0 Å². The summed E-state index contributed by atoms with van der Waals surface area (Å²) < 4.78 is 0. The number of hydrogen-bond acceptors (Lipinski definition) is 2. The summed E-state index contributed by atoms with van der Waals surface area (Å²) in [6, 6.07) is 3.97. The molecular formula is C10H12N2. The van der Waals surface area contributed by atoms with E-state index in [9.17, 15) is 0 Å². The molecule has 2 N–H and O–H groups in total. The molecule has 1 aromatic heterocycles. The van der Waals surface area contributed by atoms with Crippen LogP contribution in [0.5, 0.6) is 0 Å². The molecule has 0 aliphatic heterocycles.